The molecule has 0 spiro atoms. The van der Waals surface area contributed by atoms with Gasteiger partial charge in [0.2, 0.25) is 10.0 Å². The summed E-state index contributed by atoms with van der Waals surface area (Å²) in [6.07, 6.45) is 9.73. The lowest BCUT2D eigenvalue weighted by molar-refractivity contribution is -0.144. The first-order valence-electron chi connectivity index (χ1n) is 44.2. The summed E-state index contributed by atoms with van der Waals surface area (Å²) in [4.78, 5) is 48.7. The minimum Gasteiger partial charge on any atom is -0.494 e. The summed E-state index contributed by atoms with van der Waals surface area (Å²) in [5, 5.41) is 56.8. The number of nitrogens with two attached hydrogens (primary N) is 1. The maximum atomic E-state index is 14.0. The van der Waals surface area contributed by atoms with Crippen molar-refractivity contribution in [2.24, 2.45) is 26.9 Å². The van der Waals surface area contributed by atoms with Crippen molar-refractivity contribution in [2.45, 2.75) is 224 Å². The Labute approximate surface area is 761 Å². The Morgan fingerprint density at radius 2 is 0.931 bits per heavy atom. The molecule has 13 rings (SSSR count). The van der Waals surface area contributed by atoms with Crippen molar-refractivity contribution in [1.82, 2.24) is 54.6 Å². The number of esters is 2. The number of aryl methyl sites for hydroxylation is 8. The van der Waals surface area contributed by atoms with E-state index in [0.29, 0.717) is 88.4 Å². The number of nitrogens with zero attached hydrogens (tertiary/aromatic N) is 10. The molecule has 6 N–H and O–H groups in total. The molecule has 0 saturated heterocycles. The molecule has 0 fully saturated rings. The van der Waals surface area contributed by atoms with E-state index in [2.05, 4.69) is 36.3 Å². The summed E-state index contributed by atoms with van der Waals surface area (Å²) in [6.45, 7) is 20.8. The van der Waals surface area contributed by atoms with Gasteiger partial charge in [-0.25, -0.2) is 35.7 Å². The number of carbonyl (C=O) groups is 4. The number of rotatable bonds is 34. The number of benzene rings is 8. The van der Waals surface area contributed by atoms with Crippen molar-refractivity contribution in [3.05, 3.63) is 205 Å². The third-order valence-electron chi connectivity index (χ3n) is 23.0. The molecule has 0 bridgehead atoms. The number of nitrogens with one attached hydrogen (secondary N) is 1. The lowest BCUT2D eigenvalue weighted by Gasteiger charge is -2.24. The van der Waals surface area contributed by atoms with Crippen LogP contribution in [-0.2, 0) is 102 Å². The number of methoxy groups -OCH3 is 3. The van der Waals surface area contributed by atoms with Crippen LogP contribution in [0.4, 0.5) is 4.79 Å². The highest BCUT2D eigenvalue weighted by Crippen LogP contribution is 2.42. The van der Waals surface area contributed by atoms with Gasteiger partial charge in [-0.05, 0) is 259 Å². The van der Waals surface area contributed by atoms with E-state index in [0.717, 1.165) is 153 Å². The van der Waals surface area contributed by atoms with Crippen LogP contribution in [0.3, 0.4) is 0 Å². The second-order valence-corrected chi connectivity index (χ2v) is 37.9. The number of carbonyl (C=O) groups excluding carboxylic acids is 3. The molecule has 5 atom stereocenters. The average molecular weight is 1830 g/mol. The Kier molecular flexibility index (Phi) is 35.8. The minimum atomic E-state index is -3.89. The van der Waals surface area contributed by atoms with Gasteiger partial charge in [-0.3, -0.25) is 14.4 Å². The van der Waals surface area contributed by atoms with Gasteiger partial charge in [-0.15, -0.1) is 15.3 Å². The second-order valence-electron chi connectivity index (χ2n) is 33.9. The van der Waals surface area contributed by atoms with Crippen molar-refractivity contribution in [1.29, 1.82) is 0 Å². The third-order valence-corrected chi connectivity index (χ3v) is 26.7. The lowest BCUT2D eigenvalue weighted by atomic mass is 9.86. The average Bonchev–Trinajstić information content (AvgIpc) is 1.49. The second kappa shape index (κ2) is 46.3. The summed E-state index contributed by atoms with van der Waals surface area (Å²) in [5.74, 6) is 0.265. The first-order chi connectivity index (χ1) is 62.0. The first-order valence-corrected chi connectivity index (χ1v) is 47.3. The molecule has 130 heavy (non-hydrogen) atoms. The molecule has 33 heteroatoms. The number of fused-ring (bicyclic) bond motifs is 5. The Morgan fingerprint density at radius 3 is 1.35 bits per heavy atom. The van der Waals surface area contributed by atoms with Crippen LogP contribution >= 0.6 is 0 Å². The predicted molar refractivity (Wildman–Crippen MR) is 496 cm³/mol. The molecular weight excluding hydrogens is 1700 g/mol. The van der Waals surface area contributed by atoms with Gasteiger partial charge in [0.1, 0.15) is 83.3 Å². The van der Waals surface area contributed by atoms with Gasteiger partial charge in [-0.1, -0.05) is 108 Å². The number of aliphatic hydroxyl groups excluding tert-OH is 2. The van der Waals surface area contributed by atoms with Crippen LogP contribution in [0.2, 0.25) is 0 Å². The Morgan fingerprint density at radius 1 is 0.523 bits per heavy atom. The quantitative estimate of drug-likeness (QED) is 0.0142. The normalized spacial score (nSPS) is 15.2. The summed E-state index contributed by atoms with van der Waals surface area (Å²) in [6, 6.07) is 39.6. The standard InChI is InChI=1S/C34H43N5O6S.2C21H25N3O4.C21H33NO5S/c1-22-10-12-25(28(19-33(40)41)26-17-29-34(31(18-26)44-4)38(3)37-36-29)16-27(22)21-39-20-23(2)45-30-15-24(9-7-5-6-8-14-35)11-13-32(30)46(39,42)43;2*1-5-28-20(26)11-17(14-7-6-13(2)16(8-14)12-25)15-9-18-21(19(10-15)27-4)24(3)23-22-18;1-16-12-14-28(24,25)19-11-10-17(15-18(19)26-16)9-7-5-6-8-13-22-20(23)27-21(2,3)4/h10-13,15-18,23,28H,5-9,14,19-21,35H2,1-4H3,(H,40,41);2*6-10,17,25H,5,11-12H2,1-4H3;10-11,15-16H,5-9,12-14H2,1-4H3,(H,22,23)/t23-,28+;17-;;16-/m10.1/s1. The number of hydrogen-bond donors (Lipinski definition) is 5. The highest BCUT2D eigenvalue weighted by atomic mass is 32.2. The smallest absolute Gasteiger partial charge is 0.407 e. The monoisotopic (exact) mass is 1830 g/mol. The molecule has 3 aromatic heterocycles. The summed E-state index contributed by atoms with van der Waals surface area (Å²) >= 11 is 0. The van der Waals surface area contributed by atoms with E-state index < -0.39 is 37.3 Å². The SMILES string of the molecule is CCOC(=O)CC(c1ccc(C)c(CO)c1)c1cc(OC)c2c(c1)nnn2C.CCOC(=O)C[C@@H](c1ccc(C)c(CO)c1)c1cc(OC)c2c(c1)nnn2C.COc1cc([C@@H](CC(=O)O)c2ccc(C)c(CN3C[C@@H](C)Oc4cc(CCCCCCN)ccc4S3(=O)=O)c2)cc2nnn(C)c12.C[C@@H]1CCS(=O)(=O)c2ccc(CCCCCCNC(=O)OC(C)(C)C)cc2O1. The van der Waals surface area contributed by atoms with E-state index in [1.165, 1.54) is 4.31 Å². The molecule has 2 aliphatic heterocycles. The van der Waals surface area contributed by atoms with Crippen LogP contribution < -0.4 is 34.7 Å². The number of carboxylic acid groups (broad SMARTS) is 1. The summed E-state index contributed by atoms with van der Waals surface area (Å²) < 4.78 is 103. The van der Waals surface area contributed by atoms with E-state index >= 15 is 0 Å². The van der Waals surface area contributed by atoms with Crippen LogP contribution in [0.15, 0.2) is 137 Å². The largest absolute Gasteiger partial charge is 0.494 e. The predicted octanol–water partition coefficient (Wildman–Crippen LogP) is 14.9. The van der Waals surface area contributed by atoms with E-state index in [-0.39, 0.29) is 98.3 Å². The molecule has 700 valence electrons. The van der Waals surface area contributed by atoms with Crippen molar-refractivity contribution >= 4 is 77.0 Å². The zero-order valence-electron chi connectivity index (χ0n) is 77.5. The molecule has 0 saturated carbocycles. The fourth-order valence-electron chi connectivity index (χ4n) is 16.1. The number of hydrogen-bond acceptors (Lipinski definition) is 25. The van der Waals surface area contributed by atoms with Gasteiger partial charge >= 0.3 is 24.0 Å². The van der Waals surface area contributed by atoms with Crippen LogP contribution in [0.1, 0.15) is 221 Å². The number of ether oxygens (including phenoxy) is 8. The molecule has 8 aromatic carbocycles. The van der Waals surface area contributed by atoms with Gasteiger partial charge in [0.15, 0.2) is 9.84 Å². The number of sulfonamides is 1. The number of alkyl carbamates (subject to hydrolysis) is 1. The van der Waals surface area contributed by atoms with Gasteiger partial charge in [0, 0.05) is 52.0 Å². The van der Waals surface area contributed by atoms with Crippen LogP contribution in [0, 0.1) is 20.8 Å². The van der Waals surface area contributed by atoms with E-state index in [1.807, 2.05) is 171 Å². The van der Waals surface area contributed by atoms with E-state index in [4.69, 9.17) is 43.6 Å². The highest BCUT2D eigenvalue weighted by molar-refractivity contribution is 7.91. The zero-order valence-corrected chi connectivity index (χ0v) is 79.1. The zero-order chi connectivity index (χ0) is 94.3. The van der Waals surface area contributed by atoms with Gasteiger partial charge in [0.05, 0.1) is 85.4 Å². The van der Waals surface area contributed by atoms with Crippen molar-refractivity contribution in [2.75, 3.05) is 59.9 Å². The number of aliphatic hydroxyl groups is 2. The van der Waals surface area contributed by atoms with E-state index in [1.54, 1.807) is 82.5 Å². The Balaban J connectivity index is 0.000000185. The number of aliphatic carboxylic acids is 1. The third kappa shape index (κ3) is 26.4. The van der Waals surface area contributed by atoms with Crippen molar-refractivity contribution in [3.63, 3.8) is 0 Å². The maximum Gasteiger partial charge on any atom is 0.407 e. The lowest BCUT2D eigenvalue weighted by Crippen LogP contribution is -2.35. The fourth-order valence-corrected chi connectivity index (χ4v) is 19.2. The molecule has 0 radical (unpaired) electrons. The molecule has 11 aromatic rings. The number of carboxylic acids is 1. The number of sulfone groups is 1. The Bertz CT molecular complexity index is 5830. The minimum absolute atomic E-state index is 0.0572. The highest BCUT2D eigenvalue weighted by Gasteiger charge is 2.36. The van der Waals surface area contributed by atoms with Gasteiger partial charge in [0.25, 0.3) is 0 Å². The number of unbranched alkanes of at least 4 members (excludes halogenated alkanes) is 6. The van der Waals surface area contributed by atoms with Crippen LogP contribution in [-0.4, -0.2) is 183 Å². The maximum absolute atomic E-state index is 14.0. The summed E-state index contributed by atoms with van der Waals surface area (Å²) in [7, 11) is 3.00. The summed E-state index contributed by atoms with van der Waals surface area (Å²) in [5.41, 5.74) is 22.0. The molecule has 31 nitrogen and oxygen atoms in total. The van der Waals surface area contributed by atoms with Crippen LogP contribution in [0.5, 0.6) is 28.7 Å². The van der Waals surface area contributed by atoms with Crippen LogP contribution in [0.25, 0.3) is 33.1 Å². The number of amides is 1. The van der Waals surface area contributed by atoms with E-state index in [9.17, 15) is 51.3 Å². The first kappa shape index (κ1) is 101. The van der Waals surface area contributed by atoms with Gasteiger partial charge in [-0.2, -0.15) is 4.31 Å². The Hall–Kier alpha value is -11.6. The molecule has 1 amide bonds. The topological polar surface area (TPSA) is 405 Å². The van der Waals surface area contributed by atoms with Gasteiger partial charge < -0.3 is 64.3 Å². The van der Waals surface area contributed by atoms with Crippen molar-refractivity contribution in [3.8, 4) is 28.7 Å². The molecule has 5 heterocycles. The fraction of sp³-hybridized carbons (Fsp3) is 0.464. The molecular formula is C97H126N12O19S2. The molecule has 2 aliphatic rings. The number of aromatic nitrogens is 9. The van der Waals surface area contributed by atoms with Crippen molar-refractivity contribution < 1.29 is 89.2 Å². The molecule has 1 unspecified atom stereocenters. The molecule has 0 aliphatic carbocycles.